The standard InChI is InChI=1S/C16H15ClFN5S/c17-11-3-4-12(18)10(8-11)9-20-14-16-22-21-15(13-2-1-7-24-13)23(16)6-5-19-14/h3-6,8,13H,1-2,7,9H2,(H,19,20)/t13-/m0/s1. The van der Waals surface area contributed by atoms with Gasteiger partial charge in [-0.2, -0.15) is 11.8 Å². The molecule has 1 N–H and O–H groups in total. The summed E-state index contributed by atoms with van der Waals surface area (Å²) < 4.78 is 15.8. The monoisotopic (exact) mass is 363 g/mol. The van der Waals surface area contributed by atoms with Gasteiger partial charge in [0.1, 0.15) is 5.82 Å². The molecule has 0 bridgehead atoms. The highest BCUT2D eigenvalue weighted by Crippen LogP contribution is 2.39. The van der Waals surface area contributed by atoms with Crippen LogP contribution in [-0.4, -0.2) is 25.3 Å². The minimum atomic E-state index is -0.302. The third kappa shape index (κ3) is 2.93. The summed E-state index contributed by atoms with van der Waals surface area (Å²) in [6, 6.07) is 4.50. The predicted octanol–water partition coefficient (Wildman–Crippen LogP) is 4.10. The molecule has 0 saturated carbocycles. The molecule has 0 aliphatic carbocycles. The smallest absolute Gasteiger partial charge is 0.203 e. The molecule has 0 amide bonds. The van der Waals surface area contributed by atoms with E-state index in [1.807, 2.05) is 22.4 Å². The van der Waals surface area contributed by atoms with Gasteiger partial charge in [0.2, 0.25) is 5.65 Å². The highest BCUT2D eigenvalue weighted by Gasteiger charge is 2.23. The van der Waals surface area contributed by atoms with E-state index in [2.05, 4.69) is 20.5 Å². The Hall–Kier alpha value is -1.86. The normalized spacial score (nSPS) is 17.5. The zero-order chi connectivity index (χ0) is 16.5. The van der Waals surface area contributed by atoms with Crippen LogP contribution in [0.5, 0.6) is 0 Å². The third-order valence-electron chi connectivity index (χ3n) is 4.03. The van der Waals surface area contributed by atoms with Crippen molar-refractivity contribution >= 4 is 34.8 Å². The van der Waals surface area contributed by atoms with E-state index in [0.29, 0.717) is 27.3 Å². The van der Waals surface area contributed by atoms with Crippen LogP contribution in [0.15, 0.2) is 30.6 Å². The van der Waals surface area contributed by atoms with Gasteiger partial charge in [-0.05, 0) is 36.8 Å². The maximum Gasteiger partial charge on any atom is 0.203 e. The Morgan fingerprint density at radius 2 is 2.29 bits per heavy atom. The maximum absolute atomic E-state index is 13.8. The molecule has 3 heterocycles. The molecule has 0 radical (unpaired) electrons. The zero-order valence-corrected chi connectivity index (χ0v) is 14.3. The summed E-state index contributed by atoms with van der Waals surface area (Å²) in [4.78, 5) is 4.32. The average molecular weight is 364 g/mol. The molecule has 5 nitrogen and oxygen atoms in total. The van der Waals surface area contributed by atoms with Gasteiger partial charge in [0.25, 0.3) is 0 Å². The second-order valence-electron chi connectivity index (χ2n) is 5.62. The van der Waals surface area contributed by atoms with Crippen LogP contribution in [0.3, 0.4) is 0 Å². The number of nitrogens with zero attached hydrogens (tertiary/aromatic N) is 4. The van der Waals surface area contributed by atoms with Gasteiger partial charge in [0.05, 0.1) is 5.25 Å². The van der Waals surface area contributed by atoms with Crippen molar-refractivity contribution in [2.24, 2.45) is 0 Å². The Morgan fingerprint density at radius 3 is 3.12 bits per heavy atom. The summed E-state index contributed by atoms with van der Waals surface area (Å²) in [6.45, 7) is 0.277. The van der Waals surface area contributed by atoms with Gasteiger partial charge in [-0.15, -0.1) is 10.2 Å². The van der Waals surface area contributed by atoms with E-state index < -0.39 is 0 Å². The number of aromatic nitrogens is 4. The lowest BCUT2D eigenvalue weighted by molar-refractivity contribution is 0.613. The number of thioether (sulfide) groups is 1. The fraction of sp³-hybridized carbons (Fsp3) is 0.312. The van der Waals surface area contributed by atoms with E-state index in [9.17, 15) is 4.39 Å². The average Bonchev–Trinajstić information content (AvgIpc) is 3.24. The molecule has 1 aromatic carbocycles. The van der Waals surface area contributed by atoms with Crippen molar-refractivity contribution in [3.63, 3.8) is 0 Å². The van der Waals surface area contributed by atoms with Crippen molar-refractivity contribution in [3.05, 3.63) is 52.8 Å². The summed E-state index contributed by atoms with van der Waals surface area (Å²) in [6.07, 6.45) is 5.89. The number of halogens is 2. The highest BCUT2D eigenvalue weighted by molar-refractivity contribution is 7.99. The summed E-state index contributed by atoms with van der Waals surface area (Å²) in [5.74, 6) is 2.39. The summed E-state index contributed by atoms with van der Waals surface area (Å²) in [7, 11) is 0. The largest absolute Gasteiger partial charge is 0.363 e. The molecule has 1 aliphatic heterocycles. The minimum absolute atomic E-state index is 0.277. The SMILES string of the molecule is Fc1ccc(Cl)cc1CNc1nccn2c([C@@H]3CCCS3)nnc12. The number of benzene rings is 1. The van der Waals surface area contributed by atoms with Crippen molar-refractivity contribution in [1.82, 2.24) is 19.6 Å². The fourth-order valence-electron chi connectivity index (χ4n) is 2.83. The lowest BCUT2D eigenvalue weighted by Crippen LogP contribution is -2.06. The van der Waals surface area contributed by atoms with Crippen molar-refractivity contribution in [1.29, 1.82) is 0 Å². The Bertz CT molecular complexity index is 878. The van der Waals surface area contributed by atoms with Crippen LogP contribution in [-0.2, 0) is 6.54 Å². The first-order chi connectivity index (χ1) is 11.7. The predicted molar refractivity (Wildman–Crippen MR) is 94.0 cm³/mol. The number of nitrogens with one attached hydrogen (secondary N) is 1. The number of hydrogen-bond donors (Lipinski definition) is 1. The second kappa shape index (κ2) is 6.57. The first-order valence-corrected chi connectivity index (χ1v) is 9.14. The van der Waals surface area contributed by atoms with Crippen LogP contribution >= 0.6 is 23.4 Å². The number of anilines is 1. The highest BCUT2D eigenvalue weighted by atomic mass is 35.5. The van der Waals surface area contributed by atoms with Crippen LogP contribution in [0.2, 0.25) is 5.02 Å². The first-order valence-electron chi connectivity index (χ1n) is 7.71. The van der Waals surface area contributed by atoms with Gasteiger partial charge in [0, 0.05) is 29.5 Å². The molecular weight excluding hydrogens is 349 g/mol. The molecule has 1 saturated heterocycles. The number of hydrogen-bond acceptors (Lipinski definition) is 5. The molecule has 2 aromatic heterocycles. The Morgan fingerprint density at radius 1 is 1.38 bits per heavy atom. The van der Waals surface area contributed by atoms with E-state index >= 15 is 0 Å². The summed E-state index contributed by atoms with van der Waals surface area (Å²) in [5, 5.41) is 12.6. The Kier molecular flexibility index (Phi) is 4.28. The van der Waals surface area contributed by atoms with Crippen LogP contribution < -0.4 is 5.32 Å². The van der Waals surface area contributed by atoms with E-state index in [-0.39, 0.29) is 12.4 Å². The summed E-state index contributed by atoms with van der Waals surface area (Å²) >= 11 is 7.84. The number of rotatable bonds is 4. The van der Waals surface area contributed by atoms with E-state index in [1.165, 1.54) is 18.6 Å². The van der Waals surface area contributed by atoms with E-state index in [1.54, 1.807) is 12.3 Å². The molecule has 0 spiro atoms. The van der Waals surface area contributed by atoms with Gasteiger partial charge in [0.15, 0.2) is 11.6 Å². The van der Waals surface area contributed by atoms with Crippen LogP contribution in [0.25, 0.3) is 5.65 Å². The van der Waals surface area contributed by atoms with E-state index in [0.717, 1.165) is 18.0 Å². The molecule has 1 fully saturated rings. The van der Waals surface area contributed by atoms with Gasteiger partial charge in [-0.1, -0.05) is 11.6 Å². The Labute approximate surface area is 147 Å². The van der Waals surface area contributed by atoms with Crippen LogP contribution in [0.1, 0.15) is 29.5 Å². The first kappa shape index (κ1) is 15.7. The van der Waals surface area contributed by atoms with Crippen molar-refractivity contribution in [2.45, 2.75) is 24.6 Å². The van der Waals surface area contributed by atoms with E-state index in [4.69, 9.17) is 11.6 Å². The van der Waals surface area contributed by atoms with Gasteiger partial charge in [-0.3, -0.25) is 4.40 Å². The topological polar surface area (TPSA) is 55.1 Å². The van der Waals surface area contributed by atoms with Crippen molar-refractivity contribution in [3.8, 4) is 0 Å². The minimum Gasteiger partial charge on any atom is -0.363 e. The third-order valence-corrected chi connectivity index (χ3v) is 5.63. The van der Waals surface area contributed by atoms with Gasteiger partial charge < -0.3 is 5.32 Å². The second-order valence-corrected chi connectivity index (χ2v) is 7.37. The molecule has 0 unspecified atom stereocenters. The van der Waals surface area contributed by atoms with Crippen molar-refractivity contribution in [2.75, 3.05) is 11.1 Å². The molecule has 1 aliphatic rings. The molecule has 24 heavy (non-hydrogen) atoms. The van der Waals surface area contributed by atoms with Crippen LogP contribution in [0.4, 0.5) is 10.2 Å². The fourth-order valence-corrected chi connectivity index (χ4v) is 4.28. The molecule has 124 valence electrons. The van der Waals surface area contributed by atoms with Crippen LogP contribution in [0, 0.1) is 5.82 Å². The number of fused-ring (bicyclic) bond motifs is 1. The lowest BCUT2D eigenvalue weighted by atomic mass is 10.2. The lowest BCUT2D eigenvalue weighted by Gasteiger charge is -2.09. The maximum atomic E-state index is 13.8. The Balaban J connectivity index is 1.61. The molecule has 8 heteroatoms. The molecular formula is C16H15ClFN5S. The summed E-state index contributed by atoms with van der Waals surface area (Å²) in [5.41, 5.74) is 1.14. The van der Waals surface area contributed by atoms with Gasteiger partial charge in [-0.25, -0.2) is 9.37 Å². The molecule has 3 aromatic rings. The zero-order valence-electron chi connectivity index (χ0n) is 12.7. The molecule has 1 atom stereocenters. The van der Waals surface area contributed by atoms with Crippen molar-refractivity contribution < 1.29 is 4.39 Å². The molecule has 4 rings (SSSR count). The van der Waals surface area contributed by atoms with Gasteiger partial charge >= 0.3 is 0 Å². The quantitative estimate of drug-likeness (QED) is 0.756.